The number of rotatable bonds is 4. The first-order chi connectivity index (χ1) is 8.68. The van der Waals surface area contributed by atoms with Gasteiger partial charge in [-0.3, -0.25) is 4.98 Å². The lowest BCUT2D eigenvalue weighted by atomic mass is 10.3. The molecule has 2 rings (SSSR count). The van der Waals surface area contributed by atoms with Crippen LogP contribution < -0.4 is 16.0 Å². The largest absolute Gasteiger partial charge is 0.393 e. The SMILES string of the molecule is CN(C)c1ncnc(NCc2cccnc2)c1N. The van der Waals surface area contributed by atoms with E-state index < -0.39 is 0 Å². The summed E-state index contributed by atoms with van der Waals surface area (Å²) in [5, 5.41) is 3.18. The molecule has 0 aliphatic heterocycles. The van der Waals surface area contributed by atoms with Gasteiger partial charge in [-0.15, -0.1) is 0 Å². The zero-order chi connectivity index (χ0) is 13.0. The Bertz CT molecular complexity index is 511. The number of nitrogen functional groups attached to an aromatic ring is 1. The standard InChI is InChI=1S/C12H16N6/c1-18(2)12-10(13)11(16-8-17-12)15-7-9-4-3-5-14-6-9/h3-6,8H,7,13H2,1-2H3,(H,15,16,17). The number of pyridine rings is 1. The quantitative estimate of drug-likeness (QED) is 0.839. The van der Waals surface area contributed by atoms with Crippen LogP contribution in [0.4, 0.5) is 17.3 Å². The van der Waals surface area contributed by atoms with Gasteiger partial charge >= 0.3 is 0 Å². The normalized spacial score (nSPS) is 10.1. The number of hydrogen-bond acceptors (Lipinski definition) is 6. The van der Waals surface area contributed by atoms with E-state index in [9.17, 15) is 0 Å². The lowest BCUT2D eigenvalue weighted by molar-refractivity contribution is 1.02. The highest BCUT2D eigenvalue weighted by molar-refractivity contribution is 5.74. The molecule has 2 heterocycles. The van der Waals surface area contributed by atoms with Crippen molar-refractivity contribution in [2.24, 2.45) is 0 Å². The molecule has 3 N–H and O–H groups in total. The van der Waals surface area contributed by atoms with Gasteiger partial charge in [-0.2, -0.15) is 0 Å². The zero-order valence-corrected chi connectivity index (χ0v) is 10.5. The number of aromatic nitrogens is 3. The molecule has 0 amide bonds. The van der Waals surface area contributed by atoms with E-state index in [0.29, 0.717) is 23.9 Å². The van der Waals surface area contributed by atoms with E-state index >= 15 is 0 Å². The van der Waals surface area contributed by atoms with Gasteiger partial charge in [0, 0.05) is 33.0 Å². The molecule has 0 spiro atoms. The van der Waals surface area contributed by atoms with Crippen LogP contribution in [0.25, 0.3) is 0 Å². The third kappa shape index (κ3) is 2.65. The first-order valence-corrected chi connectivity index (χ1v) is 5.59. The minimum absolute atomic E-state index is 0.548. The molecule has 0 fully saturated rings. The van der Waals surface area contributed by atoms with Gasteiger partial charge in [-0.25, -0.2) is 9.97 Å². The third-order valence-corrected chi connectivity index (χ3v) is 2.47. The maximum atomic E-state index is 6.00. The molecule has 6 heteroatoms. The van der Waals surface area contributed by atoms with Crippen molar-refractivity contribution in [2.45, 2.75) is 6.54 Å². The van der Waals surface area contributed by atoms with E-state index in [2.05, 4.69) is 20.3 Å². The average molecular weight is 244 g/mol. The van der Waals surface area contributed by atoms with E-state index in [1.54, 1.807) is 12.4 Å². The van der Waals surface area contributed by atoms with E-state index in [4.69, 9.17) is 5.73 Å². The maximum Gasteiger partial charge on any atom is 0.156 e. The Balaban J connectivity index is 2.13. The minimum atomic E-state index is 0.548. The molecule has 2 aromatic heterocycles. The first kappa shape index (κ1) is 12.1. The summed E-state index contributed by atoms with van der Waals surface area (Å²) in [5.74, 6) is 1.34. The summed E-state index contributed by atoms with van der Waals surface area (Å²) in [7, 11) is 3.78. The first-order valence-electron chi connectivity index (χ1n) is 5.59. The van der Waals surface area contributed by atoms with Crippen molar-refractivity contribution in [1.29, 1.82) is 0 Å². The Morgan fingerprint density at radius 2 is 2.17 bits per heavy atom. The van der Waals surface area contributed by atoms with Crippen LogP contribution in [0, 0.1) is 0 Å². The summed E-state index contributed by atoms with van der Waals surface area (Å²) in [6.45, 7) is 0.627. The van der Waals surface area contributed by atoms with Crippen LogP contribution in [0.5, 0.6) is 0 Å². The predicted octanol–water partition coefficient (Wildman–Crippen LogP) is 1.13. The fourth-order valence-corrected chi connectivity index (χ4v) is 1.57. The Hall–Kier alpha value is -2.37. The summed E-state index contributed by atoms with van der Waals surface area (Å²) in [6.07, 6.45) is 5.04. The maximum absolute atomic E-state index is 6.00. The van der Waals surface area contributed by atoms with Gasteiger partial charge in [0.05, 0.1) is 0 Å². The Kier molecular flexibility index (Phi) is 3.57. The molecular formula is C12H16N6. The molecule has 0 aliphatic rings. The van der Waals surface area contributed by atoms with E-state index in [1.807, 2.05) is 31.1 Å². The van der Waals surface area contributed by atoms with Crippen molar-refractivity contribution in [3.63, 3.8) is 0 Å². The Labute approximate surface area is 106 Å². The molecule has 6 nitrogen and oxygen atoms in total. The summed E-state index contributed by atoms with van der Waals surface area (Å²) in [4.78, 5) is 14.2. The zero-order valence-electron chi connectivity index (χ0n) is 10.5. The predicted molar refractivity (Wildman–Crippen MR) is 72.3 cm³/mol. The molecular weight excluding hydrogens is 228 g/mol. The van der Waals surface area contributed by atoms with Gasteiger partial charge < -0.3 is 16.0 Å². The van der Waals surface area contributed by atoms with Gasteiger partial charge in [-0.1, -0.05) is 6.07 Å². The van der Waals surface area contributed by atoms with Crippen molar-refractivity contribution >= 4 is 17.3 Å². The van der Waals surface area contributed by atoms with Crippen LogP contribution in [0.2, 0.25) is 0 Å². The molecule has 94 valence electrons. The van der Waals surface area contributed by atoms with Crippen molar-refractivity contribution < 1.29 is 0 Å². The monoisotopic (exact) mass is 244 g/mol. The summed E-state index contributed by atoms with van der Waals surface area (Å²) < 4.78 is 0. The number of anilines is 3. The van der Waals surface area contributed by atoms with Gasteiger partial charge in [0.2, 0.25) is 0 Å². The van der Waals surface area contributed by atoms with Crippen molar-refractivity contribution in [3.8, 4) is 0 Å². The van der Waals surface area contributed by atoms with Crippen molar-refractivity contribution in [3.05, 3.63) is 36.4 Å². The van der Waals surface area contributed by atoms with Crippen molar-refractivity contribution in [2.75, 3.05) is 30.0 Å². The van der Waals surface area contributed by atoms with Crippen LogP contribution in [0.15, 0.2) is 30.9 Å². The van der Waals surface area contributed by atoms with E-state index in [0.717, 1.165) is 5.56 Å². The van der Waals surface area contributed by atoms with Crippen LogP contribution in [-0.2, 0) is 6.54 Å². The molecule has 0 aromatic carbocycles. The molecule has 0 aliphatic carbocycles. The molecule has 0 unspecified atom stereocenters. The fourth-order valence-electron chi connectivity index (χ4n) is 1.57. The Morgan fingerprint density at radius 3 is 2.83 bits per heavy atom. The minimum Gasteiger partial charge on any atom is -0.393 e. The van der Waals surface area contributed by atoms with Gasteiger partial charge in [0.25, 0.3) is 0 Å². The van der Waals surface area contributed by atoms with Crippen LogP contribution >= 0.6 is 0 Å². The highest BCUT2D eigenvalue weighted by Gasteiger charge is 2.08. The molecule has 18 heavy (non-hydrogen) atoms. The fraction of sp³-hybridized carbons (Fsp3) is 0.250. The second-order valence-electron chi connectivity index (χ2n) is 4.07. The van der Waals surface area contributed by atoms with Crippen molar-refractivity contribution in [1.82, 2.24) is 15.0 Å². The van der Waals surface area contributed by atoms with Crippen LogP contribution in [-0.4, -0.2) is 29.0 Å². The third-order valence-electron chi connectivity index (χ3n) is 2.47. The van der Waals surface area contributed by atoms with Crippen LogP contribution in [0.3, 0.4) is 0 Å². The van der Waals surface area contributed by atoms with Crippen LogP contribution in [0.1, 0.15) is 5.56 Å². The molecule has 2 aromatic rings. The molecule has 0 saturated carbocycles. The molecule has 0 bridgehead atoms. The van der Waals surface area contributed by atoms with E-state index in [1.165, 1.54) is 6.33 Å². The Morgan fingerprint density at radius 1 is 1.33 bits per heavy atom. The number of hydrogen-bond donors (Lipinski definition) is 2. The number of nitrogens with zero attached hydrogens (tertiary/aromatic N) is 4. The second kappa shape index (κ2) is 5.31. The smallest absolute Gasteiger partial charge is 0.156 e. The summed E-state index contributed by atoms with van der Waals surface area (Å²) in [6, 6.07) is 3.88. The highest BCUT2D eigenvalue weighted by Crippen LogP contribution is 2.24. The second-order valence-corrected chi connectivity index (χ2v) is 4.07. The summed E-state index contributed by atoms with van der Waals surface area (Å²) >= 11 is 0. The number of nitrogens with one attached hydrogen (secondary N) is 1. The topological polar surface area (TPSA) is 80.0 Å². The highest BCUT2D eigenvalue weighted by atomic mass is 15.2. The number of nitrogens with two attached hydrogens (primary N) is 1. The average Bonchev–Trinajstić information content (AvgIpc) is 2.38. The lowest BCUT2D eigenvalue weighted by Gasteiger charge is -2.16. The summed E-state index contributed by atoms with van der Waals surface area (Å²) in [5.41, 5.74) is 7.62. The lowest BCUT2D eigenvalue weighted by Crippen LogP contribution is -2.15. The molecule has 0 radical (unpaired) electrons. The van der Waals surface area contributed by atoms with Gasteiger partial charge in [0.15, 0.2) is 11.6 Å². The molecule has 0 atom stereocenters. The van der Waals surface area contributed by atoms with Gasteiger partial charge in [0.1, 0.15) is 12.0 Å². The van der Waals surface area contributed by atoms with E-state index in [-0.39, 0.29) is 0 Å². The molecule has 0 saturated heterocycles. The van der Waals surface area contributed by atoms with Gasteiger partial charge in [-0.05, 0) is 11.6 Å².